The molecular weight excluding hydrogens is 420 g/mol. The summed E-state index contributed by atoms with van der Waals surface area (Å²) < 4.78 is 21.6. The number of rotatable bonds is 4. The Morgan fingerprint density at radius 3 is 2.79 bits per heavy atom. The predicted octanol–water partition coefficient (Wildman–Crippen LogP) is 3.96. The van der Waals surface area contributed by atoms with E-state index in [4.69, 9.17) is 10.2 Å². The molecule has 1 aromatic carbocycles. The molecule has 0 saturated carbocycles. The van der Waals surface area contributed by atoms with Crippen molar-refractivity contribution in [3.05, 3.63) is 53.5 Å². The zero-order valence-electron chi connectivity index (χ0n) is 15.6. The Morgan fingerprint density at radius 1 is 1.21 bits per heavy atom. The number of carbonyl (C=O) groups excluding carboxylic acids is 1. The Bertz CT molecular complexity index is 989. The van der Waals surface area contributed by atoms with Gasteiger partial charge in [-0.15, -0.1) is 35.0 Å². The number of aromatic nitrogens is 3. The minimum absolute atomic E-state index is 0. The highest BCUT2D eigenvalue weighted by molar-refractivity contribution is 6.04. The number of benzene rings is 1. The molecule has 0 radical (unpaired) electrons. The van der Waals surface area contributed by atoms with Crippen LogP contribution >= 0.6 is 24.8 Å². The van der Waals surface area contributed by atoms with Crippen LogP contribution in [-0.4, -0.2) is 20.7 Å². The van der Waals surface area contributed by atoms with Crippen LogP contribution in [0.3, 0.4) is 0 Å². The van der Waals surface area contributed by atoms with Crippen molar-refractivity contribution in [2.24, 2.45) is 5.73 Å². The molecule has 10 heteroatoms. The molecule has 1 aliphatic rings. The van der Waals surface area contributed by atoms with E-state index < -0.39 is 5.82 Å². The average molecular weight is 442 g/mol. The molecule has 1 aliphatic heterocycles. The summed E-state index contributed by atoms with van der Waals surface area (Å²) in [7, 11) is 0. The van der Waals surface area contributed by atoms with Crippen molar-refractivity contribution in [2.75, 3.05) is 5.32 Å². The van der Waals surface area contributed by atoms with Crippen molar-refractivity contribution in [3.63, 3.8) is 0 Å². The molecule has 0 fully saturated rings. The number of fused-ring (bicyclic) bond motifs is 1. The molecule has 0 spiro atoms. The summed E-state index contributed by atoms with van der Waals surface area (Å²) in [5, 5.41) is 11.2. The summed E-state index contributed by atoms with van der Waals surface area (Å²) in [6.07, 6.45) is 5.39. The Labute approximate surface area is 179 Å². The second kappa shape index (κ2) is 9.87. The molecule has 29 heavy (non-hydrogen) atoms. The summed E-state index contributed by atoms with van der Waals surface area (Å²) in [6.45, 7) is 0.983. The predicted molar refractivity (Wildman–Crippen MR) is 112 cm³/mol. The van der Waals surface area contributed by atoms with Gasteiger partial charge in [0.1, 0.15) is 23.7 Å². The summed E-state index contributed by atoms with van der Waals surface area (Å²) in [4.78, 5) is 12.4. The van der Waals surface area contributed by atoms with Gasteiger partial charge >= 0.3 is 0 Å². The van der Waals surface area contributed by atoms with E-state index in [2.05, 4.69) is 15.5 Å². The first-order valence-electron chi connectivity index (χ1n) is 8.96. The highest BCUT2D eigenvalue weighted by Gasteiger charge is 2.19. The van der Waals surface area contributed by atoms with E-state index in [0.717, 1.165) is 38.1 Å². The van der Waals surface area contributed by atoms with Crippen molar-refractivity contribution >= 4 is 36.4 Å². The number of anilines is 1. The number of nitrogens with two attached hydrogens (primary N) is 1. The smallest absolute Gasteiger partial charge is 0.258 e. The summed E-state index contributed by atoms with van der Waals surface area (Å²) in [6, 6.07) is 6.00. The number of halogens is 3. The zero-order valence-corrected chi connectivity index (χ0v) is 17.2. The summed E-state index contributed by atoms with van der Waals surface area (Å²) in [5.41, 5.74) is 6.64. The minimum atomic E-state index is -0.402. The molecule has 2 aromatic heterocycles. The summed E-state index contributed by atoms with van der Waals surface area (Å²) in [5.74, 6) is 1.14. The molecule has 156 valence electrons. The van der Waals surface area contributed by atoms with Gasteiger partial charge in [0, 0.05) is 18.7 Å². The highest BCUT2D eigenvalue weighted by Crippen LogP contribution is 2.27. The van der Waals surface area contributed by atoms with E-state index in [1.165, 1.54) is 18.4 Å². The molecule has 4 rings (SSSR count). The number of nitrogens with one attached hydrogen (secondary N) is 1. The van der Waals surface area contributed by atoms with Crippen LogP contribution in [0.5, 0.6) is 0 Å². The number of aryl methyl sites for hydroxylation is 1. The van der Waals surface area contributed by atoms with Crippen LogP contribution in [-0.2, 0) is 19.5 Å². The van der Waals surface area contributed by atoms with Gasteiger partial charge in [-0.1, -0.05) is 6.42 Å². The highest BCUT2D eigenvalue weighted by atomic mass is 35.5. The number of carbonyl (C=O) groups is 1. The van der Waals surface area contributed by atoms with Gasteiger partial charge in [-0.05, 0) is 37.1 Å². The van der Waals surface area contributed by atoms with Gasteiger partial charge in [0.2, 0.25) is 0 Å². The van der Waals surface area contributed by atoms with Crippen molar-refractivity contribution in [3.8, 4) is 11.4 Å². The second-order valence-corrected chi connectivity index (χ2v) is 6.56. The number of furan rings is 1. The van der Waals surface area contributed by atoms with Gasteiger partial charge in [0.25, 0.3) is 5.91 Å². The van der Waals surface area contributed by atoms with E-state index in [0.29, 0.717) is 28.4 Å². The Hall–Kier alpha value is -2.42. The SMILES string of the molecule is Cl.Cl.NCc1cc(C(=O)Nc2ccc(F)c(-c3nnc4n3CCCCC4)c2)co1. The molecule has 1 amide bonds. The van der Waals surface area contributed by atoms with Crippen molar-refractivity contribution in [1.29, 1.82) is 0 Å². The quantitative estimate of drug-likeness (QED) is 0.638. The maximum atomic E-state index is 14.5. The van der Waals surface area contributed by atoms with Crippen molar-refractivity contribution in [1.82, 2.24) is 14.8 Å². The van der Waals surface area contributed by atoms with Crippen LogP contribution < -0.4 is 11.1 Å². The molecule has 3 aromatic rings. The fraction of sp³-hybridized carbons (Fsp3) is 0.316. The number of nitrogens with zero attached hydrogens (tertiary/aromatic N) is 3. The Kier molecular flexibility index (Phi) is 7.78. The summed E-state index contributed by atoms with van der Waals surface area (Å²) >= 11 is 0. The van der Waals surface area contributed by atoms with E-state index in [1.807, 2.05) is 4.57 Å². The molecular formula is C19H22Cl2FN5O2. The maximum Gasteiger partial charge on any atom is 0.258 e. The topological polar surface area (TPSA) is 99.0 Å². The lowest BCUT2D eigenvalue weighted by molar-refractivity contribution is 0.102. The number of amides is 1. The minimum Gasteiger partial charge on any atom is -0.467 e. The molecule has 0 atom stereocenters. The molecule has 0 saturated heterocycles. The monoisotopic (exact) mass is 441 g/mol. The Balaban J connectivity index is 0.00000150. The first kappa shape index (κ1) is 22.9. The van der Waals surface area contributed by atoms with Crippen LogP contribution in [0.1, 0.15) is 41.2 Å². The second-order valence-electron chi connectivity index (χ2n) is 6.56. The van der Waals surface area contributed by atoms with Gasteiger partial charge < -0.3 is 20.0 Å². The van der Waals surface area contributed by atoms with Crippen molar-refractivity contribution in [2.45, 2.75) is 38.8 Å². The van der Waals surface area contributed by atoms with E-state index in [9.17, 15) is 9.18 Å². The first-order valence-corrected chi connectivity index (χ1v) is 8.96. The van der Waals surface area contributed by atoms with Crippen LogP contribution in [0.25, 0.3) is 11.4 Å². The lowest BCUT2D eigenvalue weighted by Crippen LogP contribution is -2.11. The third-order valence-electron chi connectivity index (χ3n) is 4.69. The molecule has 0 bridgehead atoms. The lowest BCUT2D eigenvalue weighted by atomic mass is 10.1. The zero-order chi connectivity index (χ0) is 18.8. The van der Waals surface area contributed by atoms with Gasteiger partial charge in [0.05, 0.1) is 17.7 Å². The van der Waals surface area contributed by atoms with Gasteiger partial charge in [-0.25, -0.2) is 4.39 Å². The molecule has 0 aliphatic carbocycles. The fourth-order valence-corrected chi connectivity index (χ4v) is 3.27. The number of hydrogen-bond acceptors (Lipinski definition) is 5. The number of hydrogen-bond donors (Lipinski definition) is 2. The maximum absolute atomic E-state index is 14.5. The third-order valence-corrected chi connectivity index (χ3v) is 4.69. The average Bonchev–Trinajstić information content (AvgIpc) is 3.25. The van der Waals surface area contributed by atoms with E-state index in [-0.39, 0.29) is 37.3 Å². The van der Waals surface area contributed by atoms with Crippen LogP contribution in [0.4, 0.5) is 10.1 Å². The largest absolute Gasteiger partial charge is 0.467 e. The van der Waals surface area contributed by atoms with Crippen LogP contribution in [0.2, 0.25) is 0 Å². The van der Waals surface area contributed by atoms with Gasteiger partial charge in [-0.2, -0.15) is 0 Å². The van der Waals surface area contributed by atoms with E-state index in [1.54, 1.807) is 12.1 Å². The first-order chi connectivity index (χ1) is 13.2. The molecule has 0 unspecified atom stereocenters. The molecule has 3 heterocycles. The van der Waals surface area contributed by atoms with Crippen LogP contribution in [0, 0.1) is 5.82 Å². The van der Waals surface area contributed by atoms with Gasteiger partial charge in [0.15, 0.2) is 5.82 Å². The van der Waals surface area contributed by atoms with Crippen molar-refractivity contribution < 1.29 is 13.6 Å². The van der Waals surface area contributed by atoms with Crippen LogP contribution in [0.15, 0.2) is 34.9 Å². The van der Waals surface area contributed by atoms with E-state index >= 15 is 0 Å². The standard InChI is InChI=1S/C19H20FN5O2.2ClH/c20-16-6-5-13(22-19(26)12-8-14(10-21)27-11-12)9-15(16)18-24-23-17-4-2-1-3-7-25(17)18;;/h5-6,8-9,11H,1-4,7,10,21H2,(H,22,26);2*1H. The third kappa shape index (κ3) is 4.77. The van der Waals surface area contributed by atoms with Gasteiger partial charge in [-0.3, -0.25) is 4.79 Å². The lowest BCUT2D eigenvalue weighted by Gasteiger charge is -2.10. The molecule has 7 nitrogen and oxygen atoms in total. The fourth-order valence-electron chi connectivity index (χ4n) is 3.27. The molecule has 3 N–H and O–H groups in total. The normalized spacial score (nSPS) is 12.9. The Morgan fingerprint density at radius 2 is 2.03 bits per heavy atom.